The van der Waals surface area contributed by atoms with Crippen LogP contribution >= 0.6 is 24.0 Å². The molecule has 3 aromatic heterocycles. The smallest absolute Gasteiger partial charge is 0.323 e. The highest BCUT2D eigenvalue weighted by Crippen LogP contribution is 2.27. The second kappa shape index (κ2) is 8.71. The predicted molar refractivity (Wildman–Crippen MR) is 128 cm³/mol. The van der Waals surface area contributed by atoms with Crippen LogP contribution in [0, 0.1) is 0 Å². The fourth-order valence-electron chi connectivity index (χ4n) is 3.65. The Morgan fingerprint density at radius 2 is 1.90 bits per heavy atom. The first-order valence-electron chi connectivity index (χ1n) is 9.50. The van der Waals surface area contributed by atoms with Crippen LogP contribution in [0.5, 0.6) is 0 Å². The highest BCUT2D eigenvalue weighted by atomic mass is 35.5. The second-order valence-electron chi connectivity index (χ2n) is 6.98. The highest BCUT2D eigenvalue weighted by molar-refractivity contribution is 6.30. The van der Waals surface area contributed by atoms with E-state index in [4.69, 9.17) is 11.6 Å². The molecular formula is C23H19Cl2N5O. The summed E-state index contributed by atoms with van der Waals surface area (Å²) in [6.45, 7) is 0.702. The van der Waals surface area contributed by atoms with Gasteiger partial charge in [0.2, 0.25) is 0 Å². The number of halogens is 2. The van der Waals surface area contributed by atoms with E-state index in [0.29, 0.717) is 17.3 Å². The van der Waals surface area contributed by atoms with Crippen molar-refractivity contribution in [3.8, 4) is 0 Å². The third-order valence-electron chi connectivity index (χ3n) is 5.02. The molecule has 6 nitrogen and oxygen atoms in total. The van der Waals surface area contributed by atoms with E-state index in [1.807, 2.05) is 42.7 Å². The van der Waals surface area contributed by atoms with Crippen molar-refractivity contribution in [3.05, 3.63) is 89.8 Å². The van der Waals surface area contributed by atoms with Crippen LogP contribution in [-0.2, 0) is 6.54 Å². The van der Waals surface area contributed by atoms with Crippen LogP contribution in [0.4, 0.5) is 16.2 Å². The molecule has 0 aliphatic carbocycles. The van der Waals surface area contributed by atoms with Gasteiger partial charge in [-0.2, -0.15) is 0 Å². The molecule has 0 spiro atoms. The molecule has 2 aromatic carbocycles. The first-order valence-corrected chi connectivity index (χ1v) is 9.87. The van der Waals surface area contributed by atoms with E-state index in [2.05, 4.69) is 31.2 Å². The summed E-state index contributed by atoms with van der Waals surface area (Å²) < 4.78 is 2.16. The van der Waals surface area contributed by atoms with Gasteiger partial charge in [-0.1, -0.05) is 23.7 Å². The summed E-state index contributed by atoms with van der Waals surface area (Å²) >= 11 is 5.98. The summed E-state index contributed by atoms with van der Waals surface area (Å²) in [6.07, 6.45) is 5.80. The molecule has 5 rings (SSSR count). The van der Waals surface area contributed by atoms with E-state index in [-0.39, 0.29) is 18.4 Å². The van der Waals surface area contributed by atoms with Gasteiger partial charge >= 0.3 is 6.03 Å². The molecule has 0 aliphatic rings. The van der Waals surface area contributed by atoms with E-state index in [9.17, 15) is 4.79 Å². The van der Waals surface area contributed by atoms with Gasteiger partial charge in [0.1, 0.15) is 5.65 Å². The lowest BCUT2D eigenvalue weighted by Gasteiger charge is -2.10. The number of anilines is 2. The Morgan fingerprint density at radius 1 is 1.03 bits per heavy atom. The van der Waals surface area contributed by atoms with Crippen molar-refractivity contribution in [2.24, 2.45) is 0 Å². The summed E-state index contributed by atoms with van der Waals surface area (Å²) in [6, 6.07) is 18.6. The quantitative estimate of drug-likeness (QED) is 0.300. The van der Waals surface area contributed by atoms with Crippen LogP contribution in [0.25, 0.3) is 21.9 Å². The van der Waals surface area contributed by atoms with Crippen molar-refractivity contribution >= 4 is 63.4 Å². The van der Waals surface area contributed by atoms with Gasteiger partial charge in [-0.3, -0.25) is 0 Å². The summed E-state index contributed by atoms with van der Waals surface area (Å²) in [5, 5.41) is 8.38. The van der Waals surface area contributed by atoms with Crippen molar-refractivity contribution in [2.45, 2.75) is 6.54 Å². The van der Waals surface area contributed by atoms with Crippen molar-refractivity contribution in [1.29, 1.82) is 0 Å². The molecule has 31 heavy (non-hydrogen) atoms. The molecule has 0 saturated carbocycles. The highest BCUT2D eigenvalue weighted by Gasteiger charge is 2.11. The number of carbonyl (C=O) groups is 1. The van der Waals surface area contributed by atoms with Gasteiger partial charge in [0.15, 0.2) is 0 Å². The summed E-state index contributed by atoms with van der Waals surface area (Å²) in [5.41, 5.74) is 4.45. The topological polar surface area (TPSA) is 74.7 Å². The fourth-order valence-corrected chi connectivity index (χ4v) is 3.84. The van der Waals surface area contributed by atoms with Crippen LogP contribution in [0.2, 0.25) is 5.02 Å². The molecule has 8 heteroatoms. The molecule has 0 fully saturated rings. The standard InChI is InChI=1S/C23H18ClN5O.ClH/c24-16-4-1-5-17(12-16)27-23(30)28-20-7-2-8-21-19(20)9-11-29(21)14-15-13-26-22-18(15)6-3-10-25-22;/h1-13H,14H2,(H,25,26)(H2,27,28,30);1H. The number of aromatic nitrogens is 3. The van der Waals surface area contributed by atoms with Crippen molar-refractivity contribution in [1.82, 2.24) is 14.5 Å². The Kier molecular flexibility index (Phi) is 5.84. The number of rotatable bonds is 4. The molecule has 0 atom stereocenters. The number of aromatic amines is 1. The maximum absolute atomic E-state index is 12.5. The Morgan fingerprint density at radius 3 is 2.77 bits per heavy atom. The largest absolute Gasteiger partial charge is 0.346 e. The number of fused-ring (bicyclic) bond motifs is 2. The normalized spacial score (nSPS) is 10.7. The molecule has 156 valence electrons. The first kappa shape index (κ1) is 20.8. The molecule has 0 radical (unpaired) electrons. The van der Waals surface area contributed by atoms with Gasteiger partial charge in [0.25, 0.3) is 0 Å². The minimum atomic E-state index is -0.319. The van der Waals surface area contributed by atoms with Crippen LogP contribution in [0.1, 0.15) is 5.56 Å². The van der Waals surface area contributed by atoms with Gasteiger partial charge in [0, 0.05) is 46.6 Å². The molecule has 3 heterocycles. The molecule has 2 amide bonds. The van der Waals surface area contributed by atoms with Crippen LogP contribution in [0.15, 0.2) is 79.3 Å². The number of urea groups is 1. The first-order chi connectivity index (χ1) is 14.7. The van der Waals surface area contributed by atoms with Gasteiger partial charge in [-0.05, 0) is 54.1 Å². The zero-order chi connectivity index (χ0) is 20.5. The van der Waals surface area contributed by atoms with Gasteiger partial charge in [-0.25, -0.2) is 9.78 Å². The van der Waals surface area contributed by atoms with Gasteiger partial charge in [0.05, 0.1) is 11.2 Å². The molecule has 0 unspecified atom stereocenters. The van der Waals surface area contributed by atoms with E-state index in [1.54, 1.807) is 30.5 Å². The Labute approximate surface area is 189 Å². The summed E-state index contributed by atoms with van der Waals surface area (Å²) in [5.74, 6) is 0. The van der Waals surface area contributed by atoms with E-state index in [1.165, 1.54) is 0 Å². The Bertz CT molecular complexity index is 1370. The van der Waals surface area contributed by atoms with Crippen LogP contribution in [-0.4, -0.2) is 20.6 Å². The van der Waals surface area contributed by atoms with Crippen molar-refractivity contribution in [3.63, 3.8) is 0 Å². The zero-order valence-corrected chi connectivity index (χ0v) is 17.9. The van der Waals surface area contributed by atoms with E-state index >= 15 is 0 Å². The third-order valence-corrected chi connectivity index (χ3v) is 5.26. The van der Waals surface area contributed by atoms with Crippen LogP contribution < -0.4 is 10.6 Å². The summed E-state index contributed by atoms with van der Waals surface area (Å²) in [4.78, 5) is 20.0. The monoisotopic (exact) mass is 451 g/mol. The SMILES string of the molecule is Cl.O=C(Nc1cccc(Cl)c1)Nc1cccc2c1ccn2Cc1c[nH]c2ncccc12. The number of nitrogens with one attached hydrogen (secondary N) is 3. The Hall–Kier alpha value is -3.48. The van der Waals surface area contributed by atoms with E-state index in [0.717, 1.165) is 33.2 Å². The lowest BCUT2D eigenvalue weighted by molar-refractivity contribution is 0.262. The lowest BCUT2D eigenvalue weighted by Crippen LogP contribution is -2.19. The number of nitrogens with zero attached hydrogens (tertiary/aromatic N) is 2. The molecular weight excluding hydrogens is 433 g/mol. The minimum absolute atomic E-state index is 0. The maximum Gasteiger partial charge on any atom is 0.323 e. The number of carbonyl (C=O) groups excluding carboxylic acids is 1. The number of amides is 2. The van der Waals surface area contributed by atoms with E-state index < -0.39 is 0 Å². The van der Waals surface area contributed by atoms with Crippen molar-refractivity contribution in [2.75, 3.05) is 10.6 Å². The predicted octanol–water partition coefficient (Wildman–Crippen LogP) is 6.29. The second-order valence-corrected chi connectivity index (χ2v) is 7.42. The molecule has 0 aliphatic heterocycles. The molecule has 3 N–H and O–H groups in total. The summed E-state index contributed by atoms with van der Waals surface area (Å²) in [7, 11) is 0. The number of benzene rings is 2. The van der Waals surface area contributed by atoms with Gasteiger partial charge < -0.3 is 20.2 Å². The average molecular weight is 452 g/mol. The fraction of sp³-hybridized carbons (Fsp3) is 0.0435. The average Bonchev–Trinajstić information content (AvgIpc) is 3.34. The number of hydrogen-bond acceptors (Lipinski definition) is 2. The maximum atomic E-state index is 12.5. The molecule has 0 saturated heterocycles. The van der Waals surface area contributed by atoms with Gasteiger partial charge in [-0.15, -0.1) is 12.4 Å². The Balaban J connectivity index is 0.00000231. The number of H-pyrrole nitrogens is 1. The zero-order valence-electron chi connectivity index (χ0n) is 16.3. The number of pyridine rings is 1. The number of hydrogen-bond donors (Lipinski definition) is 3. The molecule has 5 aromatic rings. The third kappa shape index (κ3) is 4.21. The molecule has 0 bridgehead atoms. The van der Waals surface area contributed by atoms with Crippen LogP contribution in [0.3, 0.4) is 0 Å². The lowest BCUT2D eigenvalue weighted by atomic mass is 10.2. The van der Waals surface area contributed by atoms with Crippen molar-refractivity contribution < 1.29 is 4.79 Å². The minimum Gasteiger partial charge on any atom is -0.346 e.